The van der Waals surface area contributed by atoms with E-state index in [0.717, 1.165) is 42.9 Å². The van der Waals surface area contributed by atoms with E-state index in [1.165, 1.54) is 11.3 Å². The zero-order valence-electron chi connectivity index (χ0n) is 16.8. The lowest BCUT2D eigenvalue weighted by Gasteiger charge is -2.36. The summed E-state index contributed by atoms with van der Waals surface area (Å²) in [6, 6.07) is 11.2. The Kier molecular flexibility index (Phi) is 6.67. The fourth-order valence-electron chi connectivity index (χ4n) is 3.95. The maximum atomic E-state index is 12.8. The Labute approximate surface area is 187 Å². The monoisotopic (exact) mass is 467 g/mol. The minimum absolute atomic E-state index is 0.0505. The third-order valence-electron chi connectivity index (χ3n) is 5.70. The predicted molar refractivity (Wildman–Crippen MR) is 121 cm³/mol. The van der Waals surface area contributed by atoms with Gasteiger partial charge < -0.3 is 9.80 Å². The Hall–Kier alpha value is -1.61. The van der Waals surface area contributed by atoms with Gasteiger partial charge in [0.1, 0.15) is 4.21 Å². The fraction of sp³-hybridized carbons (Fsp3) is 0.476. The number of sulfonamides is 1. The summed E-state index contributed by atoms with van der Waals surface area (Å²) in [7, 11) is -3.43. The van der Waals surface area contributed by atoms with Crippen molar-refractivity contribution in [3.63, 3.8) is 0 Å². The second-order valence-electron chi connectivity index (χ2n) is 7.71. The molecule has 0 unspecified atom stereocenters. The van der Waals surface area contributed by atoms with Gasteiger partial charge >= 0.3 is 0 Å². The molecule has 2 aromatic rings. The Morgan fingerprint density at radius 1 is 0.900 bits per heavy atom. The minimum Gasteiger partial charge on any atom is -0.368 e. The molecule has 0 aliphatic carbocycles. The zero-order valence-corrected chi connectivity index (χ0v) is 19.2. The Morgan fingerprint density at radius 2 is 1.57 bits per heavy atom. The van der Waals surface area contributed by atoms with Crippen LogP contribution in [0.15, 0.2) is 40.6 Å². The number of rotatable bonds is 5. The fourth-order valence-corrected chi connectivity index (χ4v) is 7.10. The van der Waals surface area contributed by atoms with Gasteiger partial charge in [0.25, 0.3) is 10.0 Å². The van der Waals surface area contributed by atoms with Crippen molar-refractivity contribution in [3.05, 3.63) is 46.3 Å². The van der Waals surface area contributed by atoms with E-state index in [1.807, 2.05) is 29.2 Å². The first-order valence-corrected chi connectivity index (χ1v) is 12.9. The maximum absolute atomic E-state index is 12.8. The van der Waals surface area contributed by atoms with Crippen LogP contribution < -0.4 is 4.90 Å². The van der Waals surface area contributed by atoms with Gasteiger partial charge in [0.15, 0.2) is 0 Å². The van der Waals surface area contributed by atoms with E-state index in [1.54, 1.807) is 16.4 Å². The number of anilines is 1. The lowest BCUT2D eigenvalue weighted by Crippen LogP contribution is -2.49. The molecule has 30 heavy (non-hydrogen) atoms. The van der Waals surface area contributed by atoms with Gasteiger partial charge in [0, 0.05) is 54.9 Å². The number of hydrogen-bond donors (Lipinski definition) is 0. The van der Waals surface area contributed by atoms with Crippen LogP contribution in [-0.4, -0.2) is 62.8 Å². The molecule has 1 amide bonds. The van der Waals surface area contributed by atoms with Crippen molar-refractivity contribution in [2.75, 3.05) is 44.2 Å². The van der Waals surface area contributed by atoms with E-state index in [-0.39, 0.29) is 12.3 Å². The number of halogens is 1. The summed E-state index contributed by atoms with van der Waals surface area (Å²) in [4.78, 5) is 17.7. The molecule has 0 N–H and O–H groups in total. The van der Waals surface area contributed by atoms with Crippen molar-refractivity contribution in [2.45, 2.75) is 29.9 Å². The first kappa shape index (κ1) is 21.6. The van der Waals surface area contributed by atoms with Crippen molar-refractivity contribution < 1.29 is 13.2 Å². The van der Waals surface area contributed by atoms with Gasteiger partial charge in [-0.15, -0.1) is 11.3 Å². The zero-order chi connectivity index (χ0) is 21.1. The molecule has 0 saturated carbocycles. The summed E-state index contributed by atoms with van der Waals surface area (Å²) in [5.74, 6) is 0.0505. The van der Waals surface area contributed by atoms with Crippen molar-refractivity contribution in [1.29, 1.82) is 0 Å². The molecule has 1 aromatic heterocycles. The molecule has 2 saturated heterocycles. The SMILES string of the molecule is O=C(Cc1ccc(S(=O)(=O)N2CCCCC2)s1)N1CCN(c2ccc(Cl)cc2)CC1. The van der Waals surface area contributed by atoms with E-state index in [4.69, 9.17) is 11.6 Å². The highest BCUT2D eigenvalue weighted by atomic mass is 35.5. The van der Waals surface area contributed by atoms with Crippen molar-refractivity contribution in [1.82, 2.24) is 9.21 Å². The largest absolute Gasteiger partial charge is 0.368 e. The second-order valence-corrected chi connectivity index (χ2v) is 11.5. The van der Waals surface area contributed by atoms with Crippen LogP contribution in [0.4, 0.5) is 5.69 Å². The van der Waals surface area contributed by atoms with Crippen LogP contribution >= 0.6 is 22.9 Å². The first-order chi connectivity index (χ1) is 14.4. The third kappa shape index (κ3) is 4.82. The van der Waals surface area contributed by atoms with Gasteiger partial charge in [-0.3, -0.25) is 4.79 Å². The summed E-state index contributed by atoms with van der Waals surface area (Å²) in [5, 5.41) is 0.713. The highest BCUT2D eigenvalue weighted by Crippen LogP contribution is 2.28. The van der Waals surface area contributed by atoms with Gasteiger partial charge in [0.2, 0.25) is 5.91 Å². The van der Waals surface area contributed by atoms with Gasteiger partial charge in [-0.1, -0.05) is 18.0 Å². The normalized spacial score (nSPS) is 18.6. The van der Waals surface area contributed by atoms with Crippen molar-refractivity contribution in [3.8, 4) is 0 Å². The Balaban J connectivity index is 1.33. The number of amides is 1. The number of piperidine rings is 1. The van der Waals surface area contributed by atoms with Gasteiger partial charge in [-0.2, -0.15) is 4.31 Å². The molecule has 0 radical (unpaired) electrons. The topological polar surface area (TPSA) is 60.9 Å². The number of benzene rings is 1. The van der Waals surface area contributed by atoms with E-state index < -0.39 is 10.0 Å². The number of carbonyl (C=O) groups excluding carboxylic acids is 1. The maximum Gasteiger partial charge on any atom is 0.252 e. The number of thiophene rings is 1. The molecule has 1 aromatic carbocycles. The summed E-state index contributed by atoms with van der Waals surface area (Å²) in [6.07, 6.45) is 3.17. The molecule has 3 heterocycles. The van der Waals surface area contributed by atoms with Gasteiger partial charge in [-0.05, 0) is 49.2 Å². The quantitative estimate of drug-likeness (QED) is 0.675. The molecular weight excluding hydrogens is 442 g/mol. The molecule has 0 atom stereocenters. The summed E-state index contributed by atoms with van der Waals surface area (Å²) in [5.41, 5.74) is 1.11. The molecule has 0 spiro atoms. The second kappa shape index (κ2) is 9.26. The average molecular weight is 468 g/mol. The van der Waals surface area contributed by atoms with E-state index >= 15 is 0 Å². The molecule has 4 rings (SSSR count). The molecule has 0 bridgehead atoms. The average Bonchev–Trinajstić information content (AvgIpc) is 3.24. The number of nitrogens with zero attached hydrogens (tertiary/aromatic N) is 3. The summed E-state index contributed by atoms with van der Waals surface area (Å²) in [6.45, 7) is 4.04. The molecule has 2 fully saturated rings. The highest BCUT2D eigenvalue weighted by Gasteiger charge is 2.28. The summed E-state index contributed by atoms with van der Waals surface area (Å²) < 4.78 is 27.5. The van der Waals surface area contributed by atoms with E-state index in [2.05, 4.69) is 4.90 Å². The van der Waals surface area contributed by atoms with Crippen LogP contribution in [0.5, 0.6) is 0 Å². The standard InChI is InChI=1S/C21H26ClN3O3S2/c22-17-4-6-18(7-5-17)23-12-14-24(15-13-23)20(26)16-19-8-9-21(29-19)30(27,28)25-10-2-1-3-11-25/h4-9H,1-3,10-16H2. The predicted octanol–water partition coefficient (Wildman–Crippen LogP) is 3.47. The number of carbonyl (C=O) groups is 1. The van der Waals surface area contributed by atoms with Crippen LogP contribution in [0.3, 0.4) is 0 Å². The van der Waals surface area contributed by atoms with Crippen LogP contribution in [0.2, 0.25) is 5.02 Å². The molecule has 162 valence electrons. The Bertz CT molecular complexity index is 977. The van der Waals surface area contributed by atoms with Gasteiger partial charge in [-0.25, -0.2) is 8.42 Å². The van der Waals surface area contributed by atoms with Crippen molar-refractivity contribution in [2.24, 2.45) is 0 Å². The number of piperazine rings is 1. The molecule has 6 nitrogen and oxygen atoms in total. The first-order valence-electron chi connectivity index (χ1n) is 10.3. The summed E-state index contributed by atoms with van der Waals surface area (Å²) >= 11 is 7.18. The number of hydrogen-bond acceptors (Lipinski definition) is 5. The third-order valence-corrected chi connectivity index (χ3v) is 9.40. The van der Waals surface area contributed by atoms with E-state index in [0.29, 0.717) is 35.4 Å². The lowest BCUT2D eigenvalue weighted by molar-refractivity contribution is -0.130. The molecular formula is C21H26ClN3O3S2. The molecule has 2 aliphatic rings. The Morgan fingerprint density at radius 3 is 2.23 bits per heavy atom. The smallest absolute Gasteiger partial charge is 0.252 e. The minimum atomic E-state index is -3.43. The molecule has 2 aliphatic heterocycles. The lowest BCUT2D eigenvalue weighted by atomic mass is 10.2. The van der Waals surface area contributed by atoms with Crippen LogP contribution in [0.1, 0.15) is 24.1 Å². The van der Waals surface area contributed by atoms with E-state index in [9.17, 15) is 13.2 Å². The highest BCUT2D eigenvalue weighted by molar-refractivity contribution is 7.91. The van der Waals surface area contributed by atoms with Crippen LogP contribution in [0, 0.1) is 0 Å². The van der Waals surface area contributed by atoms with Crippen LogP contribution in [0.25, 0.3) is 0 Å². The van der Waals surface area contributed by atoms with Crippen LogP contribution in [-0.2, 0) is 21.2 Å². The van der Waals surface area contributed by atoms with Crippen molar-refractivity contribution >= 4 is 44.6 Å². The van der Waals surface area contributed by atoms with Gasteiger partial charge in [0.05, 0.1) is 6.42 Å². The molecule has 9 heteroatoms.